The number of azo groups is 1. The molecule has 0 saturated heterocycles. The molecule has 1 aromatic heterocycles. The molecule has 2 aromatic rings. The van der Waals surface area contributed by atoms with E-state index in [1.807, 2.05) is 6.07 Å². The van der Waals surface area contributed by atoms with Gasteiger partial charge in [-0.05, 0) is 31.7 Å². The highest BCUT2D eigenvalue weighted by Gasteiger charge is 2.27. The zero-order chi connectivity index (χ0) is 19.4. The second kappa shape index (κ2) is 8.26. The monoisotopic (exact) mass is 384 g/mol. The number of Topliss-reactive ketones (excluding diaryl/α,β-unsaturated/α-hetero) is 1. The third kappa shape index (κ3) is 3.98. The summed E-state index contributed by atoms with van der Waals surface area (Å²) in [6.07, 6.45) is 2.70. The molecule has 0 saturated carbocycles. The van der Waals surface area contributed by atoms with Crippen molar-refractivity contribution in [3.63, 3.8) is 0 Å². The van der Waals surface area contributed by atoms with Gasteiger partial charge in [0.15, 0.2) is 22.2 Å². The maximum Gasteiger partial charge on any atom is 0.341 e. The zero-order valence-corrected chi connectivity index (χ0v) is 16.0. The minimum atomic E-state index is -0.425. The minimum absolute atomic E-state index is 0.149. The summed E-state index contributed by atoms with van der Waals surface area (Å²) in [4.78, 5) is 25.5. The number of hydrogen-bond acceptors (Lipinski definition) is 7. The van der Waals surface area contributed by atoms with E-state index >= 15 is 0 Å². The molecule has 7 heteroatoms. The SMILES string of the molecule is CCOC(=O)c1c(N=NC(C(C)=O)=C(O)c2ccccc2)sc2c1CCC2. The van der Waals surface area contributed by atoms with E-state index in [0.29, 0.717) is 16.1 Å². The van der Waals surface area contributed by atoms with Gasteiger partial charge in [-0.2, -0.15) is 0 Å². The Morgan fingerprint density at radius 1 is 1.22 bits per heavy atom. The third-order valence-electron chi connectivity index (χ3n) is 4.23. The fourth-order valence-electron chi connectivity index (χ4n) is 2.99. The lowest BCUT2D eigenvalue weighted by Crippen LogP contribution is -2.06. The number of benzene rings is 1. The van der Waals surface area contributed by atoms with E-state index in [0.717, 1.165) is 29.7 Å². The molecule has 1 aliphatic carbocycles. The first-order valence-electron chi connectivity index (χ1n) is 8.76. The van der Waals surface area contributed by atoms with E-state index in [1.54, 1.807) is 31.2 Å². The number of carbonyl (C=O) groups excluding carboxylic acids is 2. The van der Waals surface area contributed by atoms with Gasteiger partial charge in [0.05, 0.1) is 6.61 Å². The van der Waals surface area contributed by atoms with E-state index in [9.17, 15) is 14.7 Å². The number of hydrogen-bond donors (Lipinski definition) is 1. The number of aliphatic hydroxyl groups is 1. The summed E-state index contributed by atoms with van der Waals surface area (Å²) in [5, 5.41) is 19.0. The Morgan fingerprint density at radius 2 is 1.96 bits per heavy atom. The number of allylic oxidation sites excluding steroid dienone is 1. The van der Waals surface area contributed by atoms with Gasteiger partial charge in [-0.25, -0.2) is 4.79 Å². The van der Waals surface area contributed by atoms with Crippen LogP contribution in [-0.2, 0) is 22.4 Å². The van der Waals surface area contributed by atoms with Crippen molar-refractivity contribution in [2.45, 2.75) is 33.1 Å². The Hall–Kier alpha value is -2.80. The summed E-state index contributed by atoms with van der Waals surface area (Å²) < 4.78 is 5.16. The van der Waals surface area contributed by atoms with Crippen LogP contribution in [0, 0.1) is 0 Å². The van der Waals surface area contributed by atoms with Crippen molar-refractivity contribution >= 4 is 33.8 Å². The lowest BCUT2D eigenvalue weighted by molar-refractivity contribution is -0.113. The molecule has 0 unspecified atom stereocenters. The smallest absolute Gasteiger partial charge is 0.341 e. The van der Waals surface area contributed by atoms with Crippen LogP contribution >= 0.6 is 11.3 Å². The van der Waals surface area contributed by atoms with E-state index < -0.39 is 11.8 Å². The summed E-state index contributed by atoms with van der Waals surface area (Å²) in [5.41, 5.74) is 1.72. The summed E-state index contributed by atoms with van der Waals surface area (Å²) >= 11 is 1.39. The quantitative estimate of drug-likeness (QED) is 0.328. The van der Waals surface area contributed by atoms with Crippen LogP contribution in [0.15, 0.2) is 46.3 Å². The first-order valence-corrected chi connectivity index (χ1v) is 9.57. The van der Waals surface area contributed by atoms with Crippen LogP contribution in [0.5, 0.6) is 0 Å². The van der Waals surface area contributed by atoms with Crippen molar-refractivity contribution in [1.29, 1.82) is 0 Å². The van der Waals surface area contributed by atoms with Crippen LogP contribution in [0.2, 0.25) is 0 Å². The van der Waals surface area contributed by atoms with Gasteiger partial charge >= 0.3 is 5.97 Å². The number of esters is 1. The molecule has 1 aromatic carbocycles. The predicted molar refractivity (Wildman–Crippen MR) is 103 cm³/mol. The standard InChI is InChI=1S/C20H20N2O4S/c1-3-26-20(25)16-14-10-7-11-15(14)27-19(16)22-21-17(12(2)23)18(24)13-8-5-4-6-9-13/h4-6,8-9,24H,3,7,10-11H2,1-2H3. The summed E-state index contributed by atoms with van der Waals surface area (Å²) in [5.74, 6) is -1.08. The average molecular weight is 384 g/mol. The molecule has 0 atom stereocenters. The van der Waals surface area contributed by atoms with Gasteiger partial charge in [-0.15, -0.1) is 21.6 Å². The molecule has 0 amide bonds. The first-order chi connectivity index (χ1) is 13.0. The Bertz CT molecular complexity index is 929. The van der Waals surface area contributed by atoms with Crippen molar-refractivity contribution in [3.8, 4) is 0 Å². The van der Waals surface area contributed by atoms with Crippen LogP contribution in [0.4, 0.5) is 5.00 Å². The molecular formula is C20H20N2O4S. The Labute approximate surface area is 161 Å². The fourth-order valence-corrected chi connectivity index (χ4v) is 4.18. The van der Waals surface area contributed by atoms with E-state index in [-0.39, 0.29) is 18.1 Å². The van der Waals surface area contributed by atoms with Crippen LogP contribution in [-0.4, -0.2) is 23.5 Å². The number of carbonyl (C=O) groups is 2. The van der Waals surface area contributed by atoms with Crippen molar-refractivity contribution in [2.24, 2.45) is 10.2 Å². The molecule has 0 spiro atoms. The predicted octanol–water partition coefficient (Wildman–Crippen LogP) is 5.01. The Balaban J connectivity index is 2.01. The molecule has 1 aliphatic rings. The van der Waals surface area contributed by atoms with Crippen molar-refractivity contribution in [1.82, 2.24) is 0 Å². The van der Waals surface area contributed by atoms with E-state index in [2.05, 4.69) is 10.2 Å². The molecule has 140 valence electrons. The van der Waals surface area contributed by atoms with E-state index in [4.69, 9.17) is 4.74 Å². The molecule has 0 fully saturated rings. The number of thiophene rings is 1. The highest BCUT2D eigenvalue weighted by Crippen LogP contribution is 2.41. The van der Waals surface area contributed by atoms with Gasteiger partial charge in [-0.3, -0.25) is 4.79 Å². The molecule has 6 nitrogen and oxygen atoms in total. The molecule has 0 aliphatic heterocycles. The fraction of sp³-hybridized carbons (Fsp3) is 0.300. The molecular weight excluding hydrogens is 364 g/mol. The number of aryl methyl sites for hydroxylation is 1. The average Bonchev–Trinajstić information content (AvgIpc) is 3.23. The number of aliphatic hydroxyl groups excluding tert-OH is 1. The summed E-state index contributed by atoms with van der Waals surface area (Å²) in [7, 11) is 0. The zero-order valence-electron chi connectivity index (χ0n) is 15.2. The van der Waals surface area contributed by atoms with Crippen molar-refractivity contribution in [2.75, 3.05) is 6.61 Å². The normalized spacial score (nSPS) is 14.1. The maximum absolute atomic E-state index is 12.4. The molecule has 0 bridgehead atoms. The molecule has 27 heavy (non-hydrogen) atoms. The number of nitrogens with zero attached hydrogens (tertiary/aromatic N) is 2. The first kappa shape index (κ1) is 19.0. The maximum atomic E-state index is 12.4. The highest BCUT2D eigenvalue weighted by molar-refractivity contribution is 7.16. The number of ether oxygens (including phenoxy) is 1. The molecule has 1 heterocycles. The molecule has 0 radical (unpaired) electrons. The van der Waals surface area contributed by atoms with Crippen molar-refractivity contribution in [3.05, 3.63) is 57.6 Å². The van der Waals surface area contributed by atoms with Gasteiger partial charge in [0, 0.05) is 17.4 Å². The minimum Gasteiger partial charge on any atom is -0.505 e. The molecule has 1 N–H and O–H groups in total. The number of fused-ring (bicyclic) bond motifs is 1. The summed E-state index contributed by atoms with van der Waals surface area (Å²) in [6, 6.07) is 8.67. The van der Waals surface area contributed by atoms with Crippen LogP contribution in [0.1, 0.15) is 46.6 Å². The Kier molecular flexibility index (Phi) is 5.81. The summed E-state index contributed by atoms with van der Waals surface area (Å²) in [6.45, 7) is 3.34. The van der Waals surface area contributed by atoms with Gasteiger partial charge in [0.1, 0.15) is 5.56 Å². The van der Waals surface area contributed by atoms with Gasteiger partial charge < -0.3 is 9.84 Å². The van der Waals surface area contributed by atoms with Gasteiger partial charge in [-0.1, -0.05) is 30.3 Å². The largest absolute Gasteiger partial charge is 0.505 e. The number of rotatable bonds is 6. The van der Waals surface area contributed by atoms with Gasteiger partial charge in [0.2, 0.25) is 0 Å². The second-order valence-electron chi connectivity index (χ2n) is 6.08. The highest BCUT2D eigenvalue weighted by atomic mass is 32.1. The number of ketones is 1. The van der Waals surface area contributed by atoms with Crippen LogP contribution in [0.25, 0.3) is 5.76 Å². The molecule has 3 rings (SSSR count). The third-order valence-corrected chi connectivity index (χ3v) is 5.40. The lowest BCUT2D eigenvalue weighted by Gasteiger charge is -2.04. The Morgan fingerprint density at radius 3 is 2.63 bits per heavy atom. The van der Waals surface area contributed by atoms with Gasteiger partial charge in [0.25, 0.3) is 0 Å². The van der Waals surface area contributed by atoms with Crippen LogP contribution < -0.4 is 0 Å². The second-order valence-corrected chi connectivity index (χ2v) is 7.16. The van der Waals surface area contributed by atoms with Crippen molar-refractivity contribution < 1.29 is 19.4 Å². The van der Waals surface area contributed by atoms with Crippen LogP contribution in [0.3, 0.4) is 0 Å². The topological polar surface area (TPSA) is 88.3 Å². The van der Waals surface area contributed by atoms with E-state index in [1.165, 1.54) is 18.3 Å². The lowest BCUT2D eigenvalue weighted by atomic mass is 10.1.